The molecule has 0 aromatic carbocycles. The molecule has 3 heteroatoms. The Bertz CT molecular complexity index is 240. The first kappa shape index (κ1) is 14.9. The highest BCUT2D eigenvalue weighted by Gasteiger charge is 2.21. The van der Waals surface area contributed by atoms with Gasteiger partial charge in [0.15, 0.2) is 0 Å². The molecule has 0 aromatic heterocycles. The van der Waals surface area contributed by atoms with E-state index in [1.807, 2.05) is 0 Å². The third kappa shape index (κ3) is 5.80. The molecule has 1 unspecified atom stereocenters. The van der Waals surface area contributed by atoms with Gasteiger partial charge >= 0.3 is 0 Å². The van der Waals surface area contributed by atoms with Crippen LogP contribution in [-0.2, 0) is 4.79 Å². The highest BCUT2D eigenvalue weighted by Crippen LogP contribution is 2.32. The SMILES string of the molecule is CC1(C)CCCCCC(C(=O)NS)CCCC1. The molecular formula is C14H27NOS. The van der Waals surface area contributed by atoms with E-state index in [0.717, 1.165) is 12.8 Å². The maximum Gasteiger partial charge on any atom is 0.232 e. The minimum absolute atomic E-state index is 0.117. The van der Waals surface area contributed by atoms with E-state index in [9.17, 15) is 4.79 Å². The first-order valence-corrected chi connectivity index (χ1v) is 7.44. The highest BCUT2D eigenvalue weighted by molar-refractivity contribution is 7.78. The second kappa shape index (κ2) is 7.30. The van der Waals surface area contributed by atoms with Gasteiger partial charge in [0.25, 0.3) is 0 Å². The summed E-state index contributed by atoms with van der Waals surface area (Å²) in [5.41, 5.74) is 0.492. The van der Waals surface area contributed by atoms with Gasteiger partial charge in [-0.1, -0.05) is 58.8 Å². The van der Waals surface area contributed by atoms with Gasteiger partial charge in [0.05, 0.1) is 0 Å². The lowest BCUT2D eigenvalue weighted by Crippen LogP contribution is -2.24. The van der Waals surface area contributed by atoms with Crippen LogP contribution < -0.4 is 4.72 Å². The lowest BCUT2D eigenvalue weighted by atomic mass is 9.82. The van der Waals surface area contributed by atoms with Crippen molar-refractivity contribution in [2.24, 2.45) is 11.3 Å². The van der Waals surface area contributed by atoms with Crippen molar-refractivity contribution in [3.63, 3.8) is 0 Å². The van der Waals surface area contributed by atoms with Crippen molar-refractivity contribution in [1.82, 2.24) is 4.72 Å². The standard InChI is InChI=1S/C14H27NOS/c1-14(2)10-6-3-4-8-12(13(16)15-17)9-5-7-11-14/h12,17H,3-11H2,1-2H3,(H,15,16). The van der Waals surface area contributed by atoms with E-state index < -0.39 is 0 Å². The number of carbonyl (C=O) groups excluding carboxylic acids is 1. The molecule has 1 N–H and O–H groups in total. The van der Waals surface area contributed by atoms with Crippen molar-refractivity contribution < 1.29 is 4.79 Å². The number of hydrogen-bond acceptors (Lipinski definition) is 2. The number of hydrogen-bond donors (Lipinski definition) is 2. The van der Waals surface area contributed by atoms with Crippen LogP contribution in [0.4, 0.5) is 0 Å². The van der Waals surface area contributed by atoms with E-state index in [-0.39, 0.29) is 11.8 Å². The second-order valence-electron chi connectivity index (χ2n) is 6.18. The van der Waals surface area contributed by atoms with Gasteiger partial charge in [0.2, 0.25) is 5.91 Å². The molecule has 1 aliphatic rings. The molecule has 1 atom stereocenters. The Morgan fingerprint density at radius 2 is 1.59 bits per heavy atom. The third-order valence-electron chi connectivity index (χ3n) is 4.04. The average molecular weight is 257 g/mol. The van der Waals surface area contributed by atoms with Crippen LogP contribution in [0.2, 0.25) is 0 Å². The van der Waals surface area contributed by atoms with Crippen LogP contribution in [0, 0.1) is 11.3 Å². The summed E-state index contributed by atoms with van der Waals surface area (Å²) in [7, 11) is 0. The van der Waals surface area contributed by atoms with Gasteiger partial charge in [-0.15, -0.1) is 0 Å². The molecule has 0 heterocycles. The monoisotopic (exact) mass is 257 g/mol. The van der Waals surface area contributed by atoms with Crippen molar-refractivity contribution in [2.75, 3.05) is 0 Å². The summed E-state index contributed by atoms with van der Waals surface area (Å²) < 4.78 is 2.51. The normalized spacial score (nSPS) is 26.9. The molecule has 2 nitrogen and oxygen atoms in total. The van der Waals surface area contributed by atoms with Gasteiger partial charge in [-0.25, -0.2) is 0 Å². The fourth-order valence-corrected chi connectivity index (χ4v) is 2.97. The summed E-state index contributed by atoms with van der Waals surface area (Å²) in [6, 6.07) is 0. The van der Waals surface area contributed by atoms with Crippen molar-refractivity contribution >= 4 is 18.7 Å². The summed E-state index contributed by atoms with van der Waals surface area (Å²) in [5.74, 6) is 0.306. The van der Waals surface area contributed by atoms with Gasteiger partial charge in [-0.05, 0) is 31.1 Å². The lowest BCUT2D eigenvalue weighted by Gasteiger charge is -2.24. The molecule has 1 rings (SSSR count). The number of rotatable bonds is 1. The third-order valence-corrected chi connectivity index (χ3v) is 4.26. The summed E-state index contributed by atoms with van der Waals surface area (Å²) in [4.78, 5) is 11.7. The largest absolute Gasteiger partial charge is 0.303 e. The number of thiol groups is 1. The van der Waals surface area contributed by atoms with Crippen molar-refractivity contribution in [2.45, 2.75) is 71.6 Å². The summed E-state index contributed by atoms with van der Waals surface area (Å²) in [5, 5.41) is 0. The maximum absolute atomic E-state index is 11.7. The second-order valence-corrected chi connectivity index (χ2v) is 6.41. The number of amides is 1. The molecule has 0 radical (unpaired) electrons. The molecule has 0 aliphatic heterocycles. The highest BCUT2D eigenvalue weighted by atomic mass is 32.1. The molecular weight excluding hydrogens is 230 g/mol. The van der Waals surface area contributed by atoms with Crippen molar-refractivity contribution in [3.05, 3.63) is 0 Å². The van der Waals surface area contributed by atoms with Crippen molar-refractivity contribution in [1.29, 1.82) is 0 Å². The zero-order chi connectivity index (χ0) is 12.7. The number of carbonyl (C=O) groups is 1. The van der Waals surface area contributed by atoms with Crippen molar-refractivity contribution in [3.8, 4) is 0 Å². The Labute approximate surface area is 111 Å². The fraction of sp³-hybridized carbons (Fsp3) is 0.929. The summed E-state index contributed by atoms with van der Waals surface area (Å²) >= 11 is 3.89. The van der Waals surface area contributed by atoms with Crippen LogP contribution in [0.15, 0.2) is 0 Å². The molecule has 0 aromatic rings. The maximum atomic E-state index is 11.7. The average Bonchev–Trinajstić information content (AvgIpc) is 2.33. The van der Waals surface area contributed by atoms with Gasteiger partial charge in [0.1, 0.15) is 0 Å². The van der Waals surface area contributed by atoms with Crippen LogP contribution in [0.1, 0.15) is 71.6 Å². The molecule has 1 amide bonds. The van der Waals surface area contributed by atoms with Gasteiger partial charge < -0.3 is 4.72 Å². The quantitative estimate of drug-likeness (QED) is 0.680. The molecule has 0 saturated heterocycles. The van der Waals surface area contributed by atoms with E-state index in [1.165, 1.54) is 44.9 Å². The Balaban J connectivity index is 2.47. The Morgan fingerprint density at radius 3 is 2.18 bits per heavy atom. The number of nitrogens with one attached hydrogen (secondary N) is 1. The molecule has 1 fully saturated rings. The molecule has 0 bridgehead atoms. The fourth-order valence-electron chi connectivity index (χ4n) is 2.79. The lowest BCUT2D eigenvalue weighted by molar-refractivity contribution is -0.123. The van der Waals surface area contributed by atoms with E-state index >= 15 is 0 Å². The Hall–Kier alpha value is -0.180. The zero-order valence-electron chi connectivity index (χ0n) is 11.3. The molecule has 17 heavy (non-hydrogen) atoms. The van der Waals surface area contributed by atoms with Gasteiger partial charge in [-0.2, -0.15) is 0 Å². The van der Waals surface area contributed by atoms with Gasteiger partial charge in [0, 0.05) is 5.92 Å². The first-order valence-electron chi connectivity index (χ1n) is 6.99. The summed E-state index contributed by atoms with van der Waals surface area (Å²) in [6.07, 6.45) is 10.9. The minimum Gasteiger partial charge on any atom is -0.303 e. The molecule has 0 spiro atoms. The molecule has 100 valence electrons. The summed E-state index contributed by atoms with van der Waals surface area (Å²) in [6.45, 7) is 4.76. The smallest absolute Gasteiger partial charge is 0.232 e. The van der Waals surface area contributed by atoms with Gasteiger partial charge in [-0.3, -0.25) is 4.79 Å². The predicted octanol–water partition coefficient (Wildman–Crippen LogP) is 4.11. The van der Waals surface area contributed by atoms with E-state index in [4.69, 9.17) is 0 Å². The van der Waals surface area contributed by atoms with Crippen LogP contribution in [0.3, 0.4) is 0 Å². The Kier molecular flexibility index (Phi) is 6.39. The first-order chi connectivity index (χ1) is 8.05. The van der Waals surface area contributed by atoms with Crippen LogP contribution in [0.25, 0.3) is 0 Å². The van der Waals surface area contributed by atoms with E-state index in [0.29, 0.717) is 5.41 Å². The predicted molar refractivity (Wildman–Crippen MR) is 76.0 cm³/mol. The van der Waals surface area contributed by atoms with Crippen LogP contribution in [0.5, 0.6) is 0 Å². The zero-order valence-corrected chi connectivity index (χ0v) is 12.2. The Morgan fingerprint density at radius 1 is 1.06 bits per heavy atom. The topological polar surface area (TPSA) is 29.1 Å². The van der Waals surface area contributed by atoms with E-state index in [1.54, 1.807) is 0 Å². The molecule has 1 saturated carbocycles. The molecule has 1 aliphatic carbocycles. The van der Waals surface area contributed by atoms with Crippen LogP contribution >= 0.6 is 12.8 Å². The van der Waals surface area contributed by atoms with E-state index in [2.05, 4.69) is 31.4 Å². The minimum atomic E-state index is 0.117. The van der Waals surface area contributed by atoms with Crippen LogP contribution in [-0.4, -0.2) is 5.91 Å².